The average molecular weight is 347 g/mol. The zero-order valence-corrected chi connectivity index (χ0v) is 15.2. The van der Waals surface area contributed by atoms with Crippen molar-refractivity contribution in [1.29, 1.82) is 0 Å². The molecular formula is C18H22N2OS2. The van der Waals surface area contributed by atoms with E-state index in [4.69, 9.17) is 0 Å². The third-order valence-corrected chi connectivity index (χ3v) is 6.88. The average Bonchev–Trinajstić information content (AvgIpc) is 2.94. The zero-order valence-electron chi connectivity index (χ0n) is 13.5. The molecule has 2 aliphatic carbocycles. The minimum absolute atomic E-state index is 0.0235. The van der Waals surface area contributed by atoms with Gasteiger partial charge in [0.05, 0.1) is 9.88 Å². The Kier molecular flexibility index (Phi) is 4.03. The molecule has 0 bridgehead atoms. The Hall–Kier alpha value is -1.17. The van der Waals surface area contributed by atoms with Crippen LogP contribution in [0.5, 0.6) is 0 Å². The highest BCUT2D eigenvalue weighted by Gasteiger charge is 2.41. The number of hydrogen-bond donors (Lipinski definition) is 2. The van der Waals surface area contributed by atoms with Gasteiger partial charge in [-0.3, -0.25) is 4.79 Å². The topological polar surface area (TPSA) is 41.1 Å². The molecule has 2 atom stereocenters. The number of rotatable bonds is 5. The summed E-state index contributed by atoms with van der Waals surface area (Å²) in [4.78, 5) is 15.8. The fraction of sp³-hybridized carbons (Fsp3) is 0.500. The van der Waals surface area contributed by atoms with Crippen LogP contribution < -0.4 is 10.6 Å². The molecule has 23 heavy (non-hydrogen) atoms. The van der Waals surface area contributed by atoms with Crippen molar-refractivity contribution in [1.82, 2.24) is 5.32 Å². The van der Waals surface area contributed by atoms with Gasteiger partial charge in [0.2, 0.25) is 0 Å². The molecule has 0 spiro atoms. The number of anilines is 1. The molecule has 4 rings (SSSR count). The normalized spacial score (nSPS) is 23.6. The lowest BCUT2D eigenvalue weighted by molar-refractivity contribution is 0.103. The Bertz CT molecular complexity index is 729. The van der Waals surface area contributed by atoms with Crippen molar-refractivity contribution in [2.75, 3.05) is 5.32 Å². The van der Waals surface area contributed by atoms with Gasteiger partial charge in [-0.25, -0.2) is 0 Å². The summed E-state index contributed by atoms with van der Waals surface area (Å²) in [6.45, 7) is 4.20. The summed E-state index contributed by atoms with van der Waals surface area (Å²) in [6, 6.07) is 7.49. The fourth-order valence-electron chi connectivity index (χ4n) is 3.25. The lowest BCUT2D eigenvalue weighted by atomic mass is 9.93. The Morgan fingerprint density at radius 2 is 2.04 bits per heavy atom. The van der Waals surface area contributed by atoms with Crippen LogP contribution in [0, 0.1) is 13.8 Å². The molecule has 2 aromatic rings. The van der Waals surface area contributed by atoms with E-state index in [1.54, 1.807) is 22.7 Å². The summed E-state index contributed by atoms with van der Waals surface area (Å²) in [5.41, 5.74) is 1.37. The minimum atomic E-state index is 0.0235. The van der Waals surface area contributed by atoms with Crippen LogP contribution >= 0.6 is 22.7 Å². The van der Waals surface area contributed by atoms with Gasteiger partial charge in [-0.15, -0.1) is 22.7 Å². The van der Waals surface area contributed by atoms with Crippen molar-refractivity contribution >= 4 is 33.6 Å². The summed E-state index contributed by atoms with van der Waals surface area (Å²) in [5.74, 6) is 0.632. The first-order chi connectivity index (χ1) is 11.1. The Labute approximate surface area is 145 Å². The van der Waals surface area contributed by atoms with E-state index in [-0.39, 0.29) is 5.91 Å². The number of carbonyl (C=O) groups is 1. The van der Waals surface area contributed by atoms with E-state index >= 15 is 0 Å². The second kappa shape index (κ2) is 6.04. The molecule has 122 valence electrons. The monoisotopic (exact) mass is 346 g/mol. The van der Waals surface area contributed by atoms with Crippen LogP contribution in [0.3, 0.4) is 0 Å². The van der Waals surface area contributed by atoms with Crippen molar-refractivity contribution in [3.63, 3.8) is 0 Å². The molecule has 0 unspecified atom stereocenters. The van der Waals surface area contributed by atoms with E-state index in [9.17, 15) is 4.79 Å². The Balaban J connectivity index is 1.41. The van der Waals surface area contributed by atoms with Gasteiger partial charge < -0.3 is 10.6 Å². The number of amides is 1. The van der Waals surface area contributed by atoms with Crippen LogP contribution in [0.25, 0.3) is 0 Å². The van der Waals surface area contributed by atoms with Crippen LogP contribution in [-0.2, 0) is 0 Å². The lowest BCUT2D eigenvalue weighted by Crippen LogP contribution is -2.37. The van der Waals surface area contributed by atoms with Gasteiger partial charge in [0.25, 0.3) is 5.91 Å². The smallest absolute Gasteiger partial charge is 0.266 e. The van der Waals surface area contributed by atoms with E-state index in [1.165, 1.54) is 41.0 Å². The molecule has 2 aromatic heterocycles. The highest BCUT2D eigenvalue weighted by Crippen LogP contribution is 2.45. The van der Waals surface area contributed by atoms with Crippen LogP contribution in [0.4, 0.5) is 5.00 Å². The van der Waals surface area contributed by atoms with Crippen LogP contribution in [0.1, 0.15) is 56.6 Å². The maximum atomic E-state index is 12.4. The third kappa shape index (κ3) is 3.23. The fourth-order valence-corrected chi connectivity index (χ4v) is 5.00. The SMILES string of the molecule is Cc1ccc(NC(=O)c2cc([C@H]3C[C@@H]3NC3CCC3)c(C)s2)s1. The number of thiophene rings is 2. The van der Waals surface area contributed by atoms with E-state index < -0.39 is 0 Å². The van der Waals surface area contributed by atoms with Crippen LogP contribution in [0.2, 0.25) is 0 Å². The quantitative estimate of drug-likeness (QED) is 0.825. The molecule has 2 saturated carbocycles. The van der Waals surface area contributed by atoms with Crippen molar-refractivity contribution in [2.24, 2.45) is 0 Å². The summed E-state index contributed by atoms with van der Waals surface area (Å²) in [6.07, 6.45) is 5.26. The summed E-state index contributed by atoms with van der Waals surface area (Å²) >= 11 is 3.24. The maximum absolute atomic E-state index is 12.4. The van der Waals surface area contributed by atoms with Crippen LogP contribution in [-0.4, -0.2) is 18.0 Å². The van der Waals surface area contributed by atoms with Gasteiger partial charge in [-0.1, -0.05) is 6.42 Å². The van der Waals surface area contributed by atoms with Gasteiger partial charge >= 0.3 is 0 Å². The summed E-state index contributed by atoms with van der Waals surface area (Å²) in [5, 5.41) is 7.69. The van der Waals surface area contributed by atoms with Gasteiger partial charge in [0, 0.05) is 27.8 Å². The minimum Gasteiger partial charge on any atom is -0.313 e. The zero-order chi connectivity index (χ0) is 16.0. The van der Waals surface area contributed by atoms with Crippen molar-refractivity contribution in [2.45, 2.75) is 57.5 Å². The molecule has 2 heterocycles. The number of carbonyl (C=O) groups excluding carboxylic acids is 1. The predicted molar refractivity (Wildman–Crippen MR) is 98.0 cm³/mol. The molecule has 2 aliphatic rings. The van der Waals surface area contributed by atoms with Crippen molar-refractivity contribution in [3.8, 4) is 0 Å². The first-order valence-electron chi connectivity index (χ1n) is 8.34. The van der Waals surface area contributed by atoms with Crippen LogP contribution in [0.15, 0.2) is 18.2 Å². The predicted octanol–water partition coefficient (Wildman–Crippen LogP) is 4.68. The Morgan fingerprint density at radius 1 is 1.22 bits per heavy atom. The first-order valence-corrected chi connectivity index (χ1v) is 9.97. The molecule has 5 heteroatoms. The maximum Gasteiger partial charge on any atom is 0.266 e. The summed E-state index contributed by atoms with van der Waals surface area (Å²) < 4.78 is 0. The molecule has 0 aliphatic heterocycles. The van der Waals surface area contributed by atoms with Gasteiger partial charge in [0.1, 0.15) is 0 Å². The molecular weight excluding hydrogens is 324 g/mol. The summed E-state index contributed by atoms with van der Waals surface area (Å²) in [7, 11) is 0. The molecule has 0 aromatic carbocycles. The number of nitrogens with one attached hydrogen (secondary N) is 2. The van der Waals surface area contributed by atoms with E-state index in [0.29, 0.717) is 12.0 Å². The molecule has 2 N–H and O–H groups in total. The second-order valence-electron chi connectivity index (χ2n) is 6.73. The van der Waals surface area contributed by atoms with E-state index in [0.717, 1.165) is 15.9 Å². The largest absolute Gasteiger partial charge is 0.313 e. The molecule has 0 radical (unpaired) electrons. The first kappa shape index (κ1) is 15.4. The number of hydrogen-bond acceptors (Lipinski definition) is 4. The molecule has 1 amide bonds. The van der Waals surface area contributed by atoms with Gasteiger partial charge in [-0.05, 0) is 56.9 Å². The van der Waals surface area contributed by atoms with Gasteiger partial charge in [0.15, 0.2) is 0 Å². The number of aryl methyl sites for hydroxylation is 2. The lowest BCUT2D eigenvalue weighted by Gasteiger charge is -2.26. The Morgan fingerprint density at radius 3 is 2.70 bits per heavy atom. The van der Waals surface area contributed by atoms with Crippen molar-refractivity contribution in [3.05, 3.63) is 38.4 Å². The molecule has 0 saturated heterocycles. The van der Waals surface area contributed by atoms with E-state index in [2.05, 4.69) is 30.5 Å². The molecule has 3 nitrogen and oxygen atoms in total. The van der Waals surface area contributed by atoms with Crippen molar-refractivity contribution < 1.29 is 4.79 Å². The van der Waals surface area contributed by atoms with E-state index in [1.807, 2.05) is 12.1 Å². The third-order valence-electron chi connectivity index (χ3n) is 4.90. The highest BCUT2D eigenvalue weighted by molar-refractivity contribution is 7.16. The molecule has 2 fully saturated rings. The standard InChI is InChI=1S/C18H22N2OS2/c1-10-6-7-17(22-10)20-18(21)16-9-13(11(2)23-16)14-8-15(14)19-12-4-3-5-12/h6-7,9,12,14-15,19H,3-5,8H2,1-2H3,(H,20,21)/t14-,15+/m1/s1. The van der Waals surface area contributed by atoms with Gasteiger partial charge in [-0.2, -0.15) is 0 Å². The highest BCUT2D eigenvalue weighted by atomic mass is 32.1. The second-order valence-corrected chi connectivity index (χ2v) is 9.27.